The largest absolute Gasteiger partial charge is 0.353 e. The van der Waals surface area contributed by atoms with Crippen LogP contribution in [-0.4, -0.2) is 64.5 Å². The molecule has 0 radical (unpaired) electrons. The lowest BCUT2D eigenvalue weighted by Crippen LogP contribution is -2.48. The molecule has 0 unspecified atom stereocenters. The van der Waals surface area contributed by atoms with Crippen molar-refractivity contribution in [1.82, 2.24) is 14.9 Å². The highest BCUT2D eigenvalue weighted by Crippen LogP contribution is 2.19. The van der Waals surface area contributed by atoms with E-state index in [1.807, 2.05) is 25.3 Å². The Morgan fingerprint density at radius 2 is 2.08 bits per heavy atom. The predicted molar refractivity (Wildman–Crippen MR) is 100 cm³/mol. The summed E-state index contributed by atoms with van der Waals surface area (Å²) >= 11 is 7.15. The molecule has 0 saturated carbocycles. The van der Waals surface area contributed by atoms with Crippen molar-refractivity contribution in [3.05, 3.63) is 29.0 Å². The van der Waals surface area contributed by atoms with E-state index in [2.05, 4.69) is 10.0 Å². The average molecular weight is 412 g/mol. The van der Waals surface area contributed by atoms with Crippen LogP contribution in [0.4, 0.5) is 4.39 Å². The number of thioether (sulfide) groups is 1. The Morgan fingerprint density at radius 3 is 2.64 bits per heavy atom. The molecule has 0 aliphatic rings. The van der Waals surface area contributed by atoms with Gasteiger partial charge in [0.05, 0.1) is 9.92 Å². The number of hydrogen-bond donors (Lipinski definition) is 2. The second-order valence-corrected chi connectivity index (χ2v) is 8.73. The second kappa shape index (κ2) is 10.3. The van der Waals surface area contributed by atoms with Crippen LogP contribution in [0.2, 0.25) is 5.02 Å². The van der Waals surface area contributed by atoms with E-state index in [0.29, 0.717) is 25.3 Å². The molecule has 0 aliphatic carbocycles. The number of hydrogen-bond acceptors (Lipinski definition) is 5. The summed E-state index contributed by atoms with van der Waals surface area (Å²) in [6.07, 6.45) is 2.21. The summed E-state index contributed by atoms with van der Waals surface area (Å²) in [7, 11) is -0.250. The number of benzene rings is 1. The highest BCUT2D eigenvalue weighted by atomic mass is 35.5. The molecular formula is C15H23ClFN3O3S2. The number of sulfonamides is 1. The molecule has 0 saturated heterocycles. The molecule has 0 fully saturated rings. The number of amides is 1. The highest BCUT2D eigenvalue weighted by Gasteiger charge is 2.25. The van der Waals surface area contributed by atoms with Gasteiger partial charge in [-0.2, -0.15) is 16.5 Å². The monoisotopic (exact) mass is 411 g/mol. The molecule has 1 aromatic rings. The van der Waals surface area contributed by atoms with Gasteiger partial charge in [-0.1, -0.05) is 11.6 Å². The Hall–Kier alpha value is -0.870. The van der Waals surface area contributed by atoms with Gasteiger partial charge in [-0.05, 0) is 50.7 Å². The summed E-state index contributed by atoms with van der Waals surface area (Å²) in [5, 5.41) is 2.42. The van der Waals surface area contributed by atoms with E-state index >= 15 is 0 Å². The van der Waals surface area contributed by atoms with Gasteiger partial charge >= 0.3 is 0 Å². The van der Waals surface area contributed by atoms with Crippen molar-refractivity contribution in [2.45, 2.75) is 17.4 Å². The zero-order valence-electron chi connectivity index (χ0n) is 14.4. The van der Waals surface area contributed by atoms with Crippen LogP contribution in [-0.2, 0) is 14.8 Å². The molecule has 1 rings (SSSR count). The number of rotatable bonds is 10. The molecular weight excluding hydrogens is 389 g/mol. The number of nitrogens with zero attached hydrogens (tertiary/aromatic N) is 1. The summed E-state index contributed by atoms with van der Waals surface area (Å²) in [6.45, 7) is 1.05. The fourth-order valence-electron chi connectivity index (χ4n) is 1.90. The summed E-state index contributed by atoms with van der Waals surface area (Å²) in [6, 6.07) is 2.20. The molecule has 142 valence electrons. The Balaban J connectivity index is 2.87. The molecule has 0 aromatic heterocycles. The maximum atomic E-state index is 13.2. The fraction of sp³-hybridized carbons (Fsp3) is 0.533. The lowest BCUT2D eigenvalue weighted by Gasteiger charge is -2.19. The maximum absolute atomic E-state index is 13.2. The van der Waals surface area contributed by atoms with Crippen LogP contribution in [0.25, 0.3) is 0 Å². The van der Waals surface area contributed by atoms with Gasteiger partial charge in [-0.15, -0.1) is 0 Å². The second-order valence-electron chi connectivity index (χ2n) is 5.63. The smallest absolute Gasteiger partial charge is 0.241 e. The zero-order chi connectivity index (χ0) is 19.0. The Bertz CT molecular complexity index is 687. The Kier molecular flexibility index (Phi) is 9.15. The van der Waals surface area contributed by atoms with Crippen molar-refractivity contribution in [3.8, 4) is 0 Å². The van der Waals surface area contributed by atoms with E-state index in [0.717, 1.165) is 18.2 Å². The molecule has 1 atom stereocenters. The molecule has 6 nitrogen and oxygen atoms in total. The highest BCUT2D eigenvalue weighted by molar-refractivity contribution is 7.98. The van der Waals surface area contributed by atoms with E-state index < -0.39 is 27.8 Å². The van der Waals surface area contributed by atoms with E-state index in [4.69, 9.17) is 11.6 Å². The topological polar surface area (TPSA) is 78.5 Å². The van der Waals surface area contributed by atoms with Crippen molar-refractivity contribution < 1.29 is 17.6 Å². The van der Waals surface area contributed by atoms with Gasteiger partial charge < -0.3 is 10.2 Å². The molecule has 0 bridgehead atoms. The SMILES string of the molecule is CSCC[C@H](NS(=O)(=O)c1ccc(F)c(Cl)c1)C(=O)NCCN(C)C. The van der Waals surface area contributed by atoms with Gasteiger partial charge in [0.25, 0.3) is 0 Å². The number of likely N-dealkylation sites (N-methyl/N-ethyl adjacent to an activating group) is 1. The molecule has 25 heavy (non-hydrogen) atoms. The van der Waals surface area contributed by atoms with E-state index in [1.165, 1.54) is 11.8 Å². The number of halogens is 2. The quantitative estimate of drug-likeness (QED) is 0.610. The van der Waals surface area contributed by atoms with Gasteiger partial charge in [0.2, 0.25) is 15.9 Å². The van der Waals surface area contributed by atoms with E-state index in [-0.39, 0.29) is 9.92 Å². The summed E-state index contributed by atoms with van der Waals surface area (Å²) < 4.78 is 40.5. The predicted octanol–water partition coefficient (Wildman–Crippen LogP) is 1.56. The molecule has 1 amide bonds. The van der Waals surface area contributed by atoms with Crippen LogP contribution in [0, 0.1) is 5.82 Å². The van der Waals surface area contributed by atoms with Crippen LogP contribution in [0.1, 0.15) is 6.42 Å². The van der Waals surface area contributed by atoms with E-state index in [1.54, 1.807) is 0 Å². The number of nitrogens with one attached hydrogen (secondary N) is 2. The third kappa shape index (κ3) is 7.49. The average Bonchev–Trinajstić information content (AvgIpc) is 2.53. The van der Waals surface area contributed by atoms with Crippen LogP contribution >= 0.6 is 23.4 Å². The Labute approximate surface area is 157 Å². The van der Waals surface area contributed by atoms with Gasteiger partial charge in [-0.25, -0.2) is 12.8 Å². The summed E-state index contributed by atoms with van der Waals surface area (Å²) in [5.41, 5.74) is 0. The summed E-state index contributed by atoms with van der Waals surface area (Å²) in [4.78, 5) is 14.0. The normalized spacial score (nSPS) is 13.0. The molecule has 2 N–H and O–H groups in total. The summed E-state index contributed by atoms with van der Waals surface area (Å²) in [5.74, 6) is -0.494. The van der Waals surface area contributed by atoms with E-state index in [9.17, 15) is 17.6 Å². The first kappa shape index (κ1) is 22.2. The minimum absolute atomic E-state index is 0.186. The van der Waals surface area contributed by atoms with Gasteiger partial charge in [0.15, 0.2) is 0 Å². The van der Waals surface area contributed by atoms with Crippen molar-refractivity contribution in [2.75, 3.05) is 39.2 Å². The first-order valence-corrected chi connectivity index (χ1v) is 10.8. The van der Waals surface area contributed by atoms with Crippen molar-refractivity contribution in [2.24, 2.45) is 0 Å². The maximum Gasteiger partial charge on any atom is 0.241 e. The number of carbonyl (C=O) groups is 1. The van der Waals surface area contributed by atoms with Crippen LogP contribution in [0.3, 0.4) is 0 Å². The van der Waals surface area contributed by atoms with Crippen LogP contribution in [0.15, 0.2) is 23.1 Å². The lowest BCUT2D eigenvalue weighted by molar-refractivity contribution is -0.122. The van der Waals surface area contributed by atoms with Crippen molar-refractivity contribution in [1.29, 1.82) is 0 Å². The van der Waals surface area contributed by atoms with Crippen molar-refractivity contribution in [3.63, 3.8) is 0 Å². The minimum atomic E-state index is -4.00. The van der Waals surface area contributed by atoms with Crippen LogP contribution < -0.4 is 10.0 Å². The van der Waals surface area contributed by atoms with Gasteiger partial charge in [0, 0.05) is 13.1 Å². The molecule has 0 aliphatic heterocycles. The third-order valence-electron chi connectivity index (χ3n) is 3.28. The molecule has 1 aromatic carbocycles. The van der Waals surface area contributed by atoms with Gasteiger partial charge in [0.1, 0.15) is 11.9 Å². The number of carbonyl (C=O) groups excluding carboxylic acids is 1. The zero-order valence-corrected chi connectivity index (χ0v) is 16.8. The lowest BCUT2D eigenvalue weighted by atomic mass is 10.2. The molecule has 0 spiro atoms. The standard InChI is InChI=1S/C15H23ClFN3O3S2/c1-20(2)8-7-18-15(21)14(6-9-24-3)19-25(22,23)11-4-5-13(17)12(16)10-11/h4-5,10,14,19H,6-9H2,1-3H3,(H,18,21)/t14-/m0/s1. The molecule has 10 heteroatoms. The molecule has 0 heterocycles. The van der Waals surface area contributed by atoms with Crippen LogP contribution in [0.5, 0.6) is 0 Å². The first-order valence-electron chi connectivity index (χ1n) is 7.56. The third-order valence-corrected chi connectivity index (χ3v) is 5.69. The first-order chi connectivity index (χ1) is 11.7. The van der Waals surface area contributed by atoms with Crippen molar-refractivity contribution >= 4 is 39.3 Å². The minimum Gasteiger partial charge on any atom is -0.353 e. The Morgan fingerprint density at radius 1 is 1.40 bits per heavy atom. The fourth-order valence-corrected chi connectivity index (χ4v) is 3.88. The van der Waals surface area contributed by atoms with Gasteiger partial charge in [-0.3, -0.25) is 4.79 Å².